The molecule has 0 heterocycles. The molecule has 0 radical (unpaired) electrons. The van der Waals surface area contributed by atoms with Gasteiger partial charge < -0.3 is 4.90 Å². The zero-order valence-corrected chi connectivity index (χ0v) is 21.5. The van der Waals surface area contributed by atoms with Gasteiger partial charge >= 0.3 is 0 Å². The fraction of sp³-hybridized carbons (Fsp3) is 0.690. The molecule has 3 saturated carbocycles. The lowest BCUT2D eigenvalue weighted by Gasteiger charge is -2.56. The maximum absolute atomic E-state index is 13.1. The van der Waals surface area contributed by atoms with Gasteiger partial charge in [-0.05, 0) is 98.5 Å². The smallest absolute Gasteiger partial charge is 0.139 e. The van der Waals surface area contributed by atoms with Crippen LogP contribution in [0.1, 0.15) is 77.2 Å². The number of hydrogen-bond donors (Lipinski definition) is 0. The number of nitrogens with zero attached hydrogens (tertiary/aromatic N) is 1. The second-order valence-corrected chi connectivity index (χ2v) is 13.5. The molecule has 1 unspecified atom stereocenters. The highest BCUT2D eigenvalue weighted by Crippen LogP contribution is 2.65. The van der Waals surface area contributed by atoms with E-state index in [0.29, 0.717) is 34.2 Å². The van der Waals surface area contributed by atoms with Gasteiger partial charge in [-0.2, -0.15) is 11.8 Å². The lowest BCUT2D eigenvalue weighted by molar-refractivity contribution is -0.132. The van der Waals surface area contributed by atoms with Gasteiger partial charge in [-0.1, -0.05) is 37.6 Å². The van der Waals surface area contributed by atoms with Crippen molar-refractivity contribution in [1.82, 2.24) is 0 Å². The van der Waals surface area contributed by atoms with Crippen LogP contribution >= 0.6 is 11.8 Å². The predicted octanol–water partition coefficient (Wildman–Crippen LogP) is 7.10. The molecule has 3 fully saturated rings. The molecular weight excluding hydrogens is 410 g/mol. The lowest BCUT2D eigenvalue weighted by Crippen LogP contribution is -2.50. The van der Waals surface area contributed by atoms with Gasteiger partial charge in [0.05, 0.1) is 0 Å². The predicted molar refractivity (Wildman–Crippen MR) is 138 cm³/mol. The number of thioether (sulfide) groups is 1. The number of carbonyl (C=O) groups is 1. The highest BCUT2D eigenvalue weighted by Gasteiger charge is 2.59. The first-order chi connectivity index (χ1) is 15.3. The second kappa shape index (κ2) is 8.22. The highest BCUT2D eigenvalue weighted by molar-refractivity contribution is 8.00. The summed E-state index contributed by atoms with van der Waals surface area (Å²) in [6.45, 7) is 7.08. The third kappa shape index (κ3) is 3.58. The molecule has 4 aliphatic rings. The number of hydrogen-bond acceptors (Lipinski definition) is 3. The normalized spacial score (nSPS) is 40.8. The molecule has 1 aromatic rings. The van der Waals surface area contributed by atoms with Crippen molar-refractivity contribution in [2.75, 3.05) is 24.7 Å². The number of Topliss-reactive ketones (excluding diaryl/α,β-unsaturated/α-hetero) is 1. The maximum Gasteiger partial charge on any atom is 0.139 e. The van der Waals surface area contributed by atoms with E-state index >= 15 is 0 Å². The van der Waals surface area contributed by atoms with Crippen molar-refractivity contribution in [3.63, 3.8) is 0 Å². The monoisotopic (exact) mass is 451 g/mol. The molecule has 0 amide bonds. The van der Waals surface area contributed by atoms with Crippen LogP contribution in [0.3, 0.4) is 0 Å². The van der Waals surface area contributed by atoms with E-state index < -0.39 is 0 Å². The van der Waals surface area contributed by atoms with E-state index in [9.17, 15) is 4.79 Å². The molecule has 4 aliphatic carbocycles. The first-order valence-electron chi connectivity index (χ1n) is 12.9. The SMILES string of the molecule is CCSC1(C)C=C2CC[C@@H]3[C@H]([C@@H](c4ccc(N(C)C)cc4)C[C@]4(C)C(=O)CC[C@@H]34)[C@H]2CC1. The summed E-state index contributed by atoms with van der Waals surface area (Å²) in [5.74, 6) is 5.00. The van der Waals surface area contributed by atoms with E-state index in [1.165, 1.54) is 42.7 Å². The van der Waals surface area contributed by atoms with E-state index in [0.717, 1.165) is 25.2 Å². The summed E-state index contributed by atoms with van der Waals surface area (Å²) in [5, 5.41) is 0. The minimum Gasteiger partial charge on any atom is -0.378 e. The molecular formula is C29H41NOS. The number of benzene rings is 1. The Bertz CT molecular complexity index is 904. The zero-order chi connectivity index (χ0) is 22.7. The number of ketones is 1. The lowest BCUT2D eigenvalue weighted by atomic mass is 9.48. The van der Waals surface area contributed by atoms with Crippen LogP contribution < -0.4 is 4.90 Å². The maximum atomic E-state index is 13.1. The summed E-state index contributed by atoms with van der Waals surface area (Å²) in [4.78, 5) is 15.3. The largest absolute Gasteiger partial charge is 0.378 e. The number of anilines is 1. The zero-order valence-electron chi connectivity index (χ0n) is 20.7. The first kappa shape index (κ1) is 22.6. The molecule has 1 aromatic carbocycles. The van der Waals surface area contributed by atoms with Crippen LogP contribution in [0.4, 0.5) is 5.69 Å². The molecule has 0 N–H and O–H groups in total. The summed E-state index contributed by atoms with van der Waals surface area (Å²) in [5.41, 5.74) is 4.39. The van der Waals surface area contributed by atoms with Gasteiger partial charge in [0.25, 0.3) is 0 Å². The minimum absolute atomic E-state index is 0.103. The van der Waals surface area contributed by atoms with Crippen molar-refractivity contribution in [1.29, 1.82) is 0 Å². The van der Waals surface area contributed by atoms with Gasteiger partial charge in [0.2, 0.25) is 0 Å². The van der Waals surface area contributed by atoms with Gasteiger partial charge in [-0.25, -0.2) is 0 Å². The molecule has 0 aromatic heterocycles. The van der Waals surface area contributed by atoms with E-state index in [2.05, 4.69) is 81.9 Å². The Balaban J connectivity index is 1.54. The summed E-state index contributed by atoms with van der Waals surface area (Å²) < 4.78 is 0.322. The van der Waals surface area contributed by atoms with Crippen molar-refractivity contribution < 1.29 is 4.79 Å². The van der Waals surface area contributed by atoms with Crippen LogP contribution in [0.15, 0.2) is 35.9 Å². The van der Waals surface area contributed by atoms with E-state index in [-0.39, 0.29) is 5.41 Å². The van der Waals surface area contributed by atoms with Gasteiger partial charge in [-0.3, -0.25) is 4.79 Å². The molecule has 0 bridgehead atoms. The third-order valence-electron chi connectivity index (χ3n) is 9.72. The Morgan fingerprint density at radius 3 is 2.47 bits per heavy atom. The molecule has 7 atom stereocenters. The molecule has 0 saturated heterocycles. The summed E-state index contributed by atoms with van der Waals surface area (Å²) in [7, 11) is 4.22. The molecule has 0 aliphatic heterocycles. The molecule has 5 rings (SSSR count). The number of carbonyl (C=O) groups excluding carboxylic acids is 1. The van der Waals surface area contributed by atoms with Crippen LogP contribution in [-0.4, -0.2) is 30.4 Å². The number of fused-ring (bicyclic) bond motifs is 5. The Kier molecular flexibility index (Phi) is 5.80. The fourth-order valence-electron chi connectivity index (χ4n) is 8.21. The standard InChI is InChI=1S/C29H41NOS/c1-6-32-28(2)16-15-22-20(17-28)9-12-23-25-13-14-26(31)29(25,3)18-24(27(22)23)19-7-10-21(11-8-19)30(4)5/h7-8,10-11,17,22-25,27H,6,9,12-16,18H2,1-5H3/t22-,23-,24+,25-,27+,28?,29-/m0/s1. The van der Waals surface area contributed by atoms with Crippen molar-refractivity contribution in [2.24, 2.45) is 29.1 Å². The summed E-state index contributed by atoms with van der Waals surface area (Å²) >= 11 is 2.13. The van der Waals surface area contributed by atoms with Crippen molar-refractivity contribution in [2.45, 2.75) is 76.4 Å². The Hall–Kier alpha value is -1.22. The summed E-state index contributed by atoms with van der Waals surface area (Å²) in [6, 6.07) is 9.31. The fourth-order valence-corrected chi connectivity index (χ4v) is 9.37. The minimum atomic E-state index is -0.103. The Labute approximate surface area is 199 Å². The molecule has 2 nitrogen and oxygen atoms in total. The van der Waals surface area contributed by atoms with E-state index in [1.807, 2.05) is 0 Å². The molecule has 32 heavy (non-hydrogen) atoms. The van der Waals surface area contributed by atoms with Gasteiger partial charge in [0.1, 0.15) is 5.78 Å². The second-order valence-electron chi connectivity index (χ2n) is 11.7. The molecule has 3 heteroatoms. The average Bonchev–Trinajstić information content (AvgIpc) is 3.07. The van der Waals surface area contributed by atoms with Crippen molar-refractivity contribution in [3.8, 4) is 0 Å². The number of allylic oxidation sites excluding steroid dienone is 1. The summed E-state index contributed by atoms with van der Waals surface area (Å²) in [6.07, 6.45) is 10.9. The van der Waals surface area contributed by atoms with Crippen molar-refractivity contribution in [3.05, 3.63) is 41.5 Å². The average molecular weight is 452 g/mol. The van der Waals surface area contributed by atoms with E-state index in [4.69, 9.17) is 0 Å². The molecule has 0 spiro atoms. The van der Waals surface area contributed by atoms with Gasteiger partial charge in [-0.15, -0.1) is 0 Å². The number of rotatable bonds is 4. The van der Waals surface area contributed by atoms with Crippen molar-refractivity contribution >= 4 is 23.2 Å². The third-order valence-corrected chi connectivity index (χ3v) is 11.0. The topological polar surface area (TPSA) is 20.3 Å². The van der Waals surface area contributed by atoms with Crippen LogP contribution in [0.25, 0.3) is 0 Å². The van der Waals surface area contributed by atoms with Gasteiger partial charge in [0, 0.05) is 36.4 Å². The quantitative estimate of drug-likeness (QED) is 0.455. The van der Waals surface area contributed by atoms with Crippen LogP contribution in [0, 0.1) is 29.1 Å². The van der Waals surface area contributed by atoms with E-state index in [1.54, 1.807) is 5.57 Å². The van der Waals surface area contributed by atoms with Crippen LogP contribution in [-0.2, 0) is 4.79 Å². The first-order valence-corrected chi connectivity index (χ1v) is 13.9. The Morgan fingerprint density at radius 1 is 1.03 bits per heavy atom. The Morgan fingerprint density at radius 2 is 1.78 bits per heavy atom. The van der Waals surface area contributed by atoms with Crippen LogP contribution in [0.5, 0.6) is 0 Å². The van der Waals surface area contributed by atoms with Gasteiger partial charge in [0.15, 0.2) is 0 Å². The highest BCUT2D eigenvalue weighted by atomic mass is 32.2. The molecule has 174 valence electrons. The van der Waals surface area contributed by atoms with Crippen LogP contribution in [0.2, 0.25) is 0 Å².